The fraction of sp³-hybridized carbons (Fsp3) is 0.0500. The van der Waals surface area contributed by atoms with Crippen LogP contribution in [0.25, 0.3) is 21.8 Å². The van der Waals surface area contributed by atoms with E-state index in [9.17, 15) is 8.78 Å². The van der Waals surface area contributed by atoms with Crippen molar-refractivity contribution in [1.29, 1.82) is 0 Å². The minimum absolute atomic E-state index is 0.307. The summed E-state index contributed by atoms with van der Waals surface area (Å²) in [6.45, 7) is 1.68. The van der Waals surface area contributed by atoms with Crippen LogP contribution in [-0.4, -0.2) is 15.7 Å². The van der Waals surface area contributed by atoms with Crippen LogP contribution >= 0.6 is 0 Å². The summed E-state index contributed by atoms with van der Waals surface area (Å²) >= 11 is 0. The van der Waals surface area contributed by atoms with Crippen molar-refractivity contribution in [3.63, 3.8) is 0 Å². The maximum Gasteiger partial charge on any atom is 0.151 e. The molecule has 25 heavy (non-hydrogen) atoms. The first-order valence-corrected chi connectivity index (χ1v) is 7.77. The summed E-state index contributed by atoms with van der Waals surface area (Å²) in [7, 11) is 0. The average molecular weight is 333 g/mol. The number of pyridine rings is 2. The van der Waals surface area contributed by atoms with Crippen LogP contribution in [0.3, 0.4) is 0 Å². The van der Waals surface area contributed by atoms with E-state index in [0.717, 1.165) is 21.8 Å². The number of fused-ring (bicyclic) bond motifs is 3. The maximum absolute atomic E-state index is 13.8. The van der Waals surface area contributed by atoms with Crippen molar-refractivity contribution in [1.82, 2.24) is 9.97 Å². The lowest BCUT2D eigenvalue weighted by Crippen LogP contribution is -2.00. The van der Waals surface area contributed by atoms with Gasteiger partial charge in [0, 0.05) is 17.0 Å². The van der Waals surface area contributed by atoms with Gasteiger partial charge in [0.1, 0.15) is 5.69 Å². The lowest BCUT2D eigenvalue weighted by molar-refractivity contribution is 0.587. The lowest BCUT2D eigenvalue weighted by Gasteiger charge is -2.06. The second-order valence-electron chi connectivity index (χ2n) is 5.68. The molecular weight excluding hydrogens is 320 g/mol. The summed E-state index contributed by atoms with van der Waals surface area (Å²) in [5.74, 6) is -1.40. The van der Waals surface area contributed by atoms with Gasteiger partial charge in [0.05, 0.1) is 22.4 Å². The van der Waals surface area contributed by atoms with Gasteiger partial charge in [-0.05, 0) is 31.2 Å². The molecule has 0 aliphatic rings. The van der Waals surface area contributed by atoms with Crippen molar-refractivity contribution in [2.45, 2.75) is 6.92 Å². The van der Waals surface area contributed by atoms with Crippen molar-refractivity contribution in [2.24, 2.45) is 4.99 Å². The second kappa shape index (κ2) is 6.02. The Balaban J connectivity index is 1.89. The largest absolute Gasteiger partial charge is 0.254 e. The van der Waals surface area contributed by atoms with Crippen molar-refractivity contribution in [3.05, 3.63) is 78.1 Å². The van der Waals surface area contributed by atoms with Crippen molar-refractivity contribution in [3.8, 4) is 0 Å². The Bertz CT molecular complexity index is 1120. The maximum atomic E-state index is 13.8. The monoisotopic (exact) mass is 333 g/mol. The van der Waals surface area contributed by atoms with Gasteiger partial charge < -0.3 is 0 Å². The molecule has 0 spiro atoms. The molecule has 2 aromatic carbocycles. The number of nitrogens with zero attached hydrogens (tertiary/aromatic N) is 3. The summed E-state index contributed by atoms with van der Waals surface area (Å²) in [5.41, 5.74) is 2.19. The quantitative estimate of drug-likeness (QED) is 0.373. The molecule has 0 saturated carbocycles. The molecule has 4 rings (SSSR count). The number of rotatable bonds is 2. The molecule has 0 aliphatic heterocycles. The summed E-state index contributed by atoms with van der Waals surface area (Å²) in [6, 6.07) is 15.2. The van der Waals surface area contributed by atoms with Crippen LogP contribution in [0.5, 0.6) is 0 Å². The van der Waals surface area contributed by atoms with Gasteiger partial charge in [-0.25, -0.2) is 18.8 Å². The molecule has 0 aliphatic carbocycles. The Morgan fingerprint density at radius 1 is 0.840 bits per heavy atom. The first kappa shape index (κ1) is 15.3. The highest BCUT2D eigenvalue weighted by molar-refractivity contribution is 6.06. The molecule has 0 amide bonds. The Labute approximate surface area is 142 Å². The van der Waals surface area contributed by atoms with E-state index in [1.807, 2.05) is 30.3 Å². The highest BCUT2D eigenvalue weighted by Crippen LogP contribution is 2.25. The molecule has 0 N–H and O–H groups in total. The lowest BCUT2D eigenvalue weighted by atomic mass is 10.1. The Morgan fingerprint density at radius 3 is 2.28 bits per heavy atom. The highest BCUT2D eigenvalue weighted by Gasteiger charge is 2.10. The molecule has 2 aromatic heterocycles. The number of aromatic nitrogens is 2. The summed E-state index contributed by atoms with van der Waals surface area (Å²) < 4.78 is 27.6. The summed E-state index contributed by atoms with van der Waals surface area (Å²) in [4.78, 5) is 13.1. The van der Waals surface area contributed by atoms with Crippen LogP contribution in [0, 0.1) is 11.6 Å². The van der Waals surface area contributed by atoms with Gasteiger partial charge in [-0.3, -0.25) is 4.98 Å². The van der Waals surface area contributed by atoms with Crippen LogP contribution < -0.4 is 0 Å². The van der Waals surface area contributed by atoms with Crippen LogP contribution in [0.4, 0.5) is 14.5 Å². The summed E-state index contributed by atoms with van der Waals surface area (Å²) in [6.07, 6.45) is 1.71. The zero-order chi connectivity index (χ0) is 17.4. The molecule has 0 bridgehead atoms. The SMILES string of the molecule is CC(=Nc1c(F)cccc1F)c1ccc2ccc3cccnc3c2n1. The van der Waals surface area contributed by atoms with E-state index >= 15 is 0 Å². The van der Waals surface area contributed by atoms with E-state index in [2.05, 4.69) is 15.0 Å². The third-order valence-corrected chi connectivity index (χ3v) is 4.02. The predicted octanol–water partition coefficient (Wildman–Crippen LogP) is 5.20. The number of hydrogen-bond donors (Lipinski definition) is 0. The average Bonchev–Trinajstić information content (AvgIpc) is 2.64. The molecule has 2 heterocycles. The summed E-state index contributed by atoms with van der Waals surface area (Å²) in [5, 5.41) is 1.93. The standard InChI is InChI=1S/C20H13F2N3/c1-12(24-20-15(21)5-2-6-16(20)22)17-10-9-14-8-7-13-4-3-11-23-18(13)19(14)25-17/h2-11H,1H3. The number of halogens is 2. The molecule has 5 heteroatoms. The molecule has 0 fully saturated rings. The van der Waals surface area contributed by atoms with Gasteiger partial charge in [-0.2, -0.15) is 0 Å². The van der Waals surface area contributed by atoms with Crippen LogP contribution in [0.1, 0.15) is 12.6 Å². The smallest absolute Gasteiger partial charge is 0.151 e. The van der Waals surface area contributed by atoms with Gasteiger partial charge in [-0.1, -0.05) is 30.3 Å². The zero-order valence-electron chi connectivity index (χ0n) is 13.4. The van der Waals surface area contributed by atoms with Crippen molar-refractivity contribution >= 4 is 33.2 Å². The molecule has 0 atom stereocenters. The normalized spacial score (nSPS) is 12.0. The Morgan fingerprint density at radius 2 is 1.52 bits per heavy atom. The van der Waals surface area contributed by atoms with Crippen LogP contribution in [0.15, 0.2) is 65.8 Å². The van der Waals surface area contributed by atoms with Crippen molar-refractivity contribution < 1.29 is 8.78 Å². The number of aliphatic imine (C=N–C) groups is 1. The first-order chi connectivity index (χ1) is 12.1. The molecule has 0 radical (unpaired) electrons. The topological polar surface area (TPSA) is 38.1 Å². The van der Waals surface area contributed by atoms with Crippen LogP contribution in [0.2, 0.25) is 0 Å². The van der Waals surface area contributed by atoms with Crippen LogP contribution in [-0.2, 0) is 0 Å². The van der Waals surface area contributed by atoms with E-state index in [-0.39, 0.29) is 5.69 Å². The molecule has 4 aromatic rings. The van der Waals surface area contributed by atoms with Gasteiger partial charge in [0.15, 0.2) is 11.6 Å². The van der Waals surface area contributed by atoms with E-state index in [1.54, 1.807) is 19.2 Å². The molecule has 3 nitrogen and oxygen atoms in total. The fourth-order valence-electron chi connectivity index (χ4n) is 2.75. The predicted molar refractivity (Wildman–Crippen MR) is 95.3 cm³/mol. The highest BCUT2D eigenvalue weighted by atomic mass is 19.1. The van der Waals surface area contributed by atoms with Gasteiger partial charge in [-0.15, -0.1) is 0 Å². The Kier molecular flexibility index (Phi) is 3.69. The molecule has 0 saturated heterocycles. The number of benzene rings is 2. The molecule has 0 unspecified atom stereocenters. The van der Waals surface area contributed by atoms with E-state index < -0.39 is 11.6 Å². The van der Waals surface area contributed by atoms with Crippen molar-refractivity contribution in [2.75, 3.05) is 0 Å². The van der Waals surface area contributed by atoms with E-state index in [1.165, 1.54) is 18.2 Å². The fourth-order valence-corrected chi connectivity index (χ4v) is 2.75. The second-order valence-corrected chi connectivity index (χ2v) is 5.68. The van der Waals surface area contributed by atoms with Gasteiger partial charge >= 0.3 is 0 Å². The third kappa shape index (κ3) is 2.74. The minimum atomic E-state index is -0.702. The Hall–Kier alpha value is -3.21. The molecular formula is C20H13F2N3. The molecule has 122 valence electrons. The van der Waals surface area contributed by atoms with Gasteiger partial charge in [0.2, 0.25) is 0 Å². The first-order valence-electron chi connectivity index (χ1n) is 7.77. The number of hydrogen-bond acceptors (Lipinski definition) is 3. The minimum Gasteiger partial charge on any atom is -0.254 e. The zero-order valence-corrected chi connectivity index (χ0v) is 13.4. The third-order valence-electron chi connectivity index (χ3n) is 4.02. The van der Waals surface area contributed by atoms with E-state index in [0.29, 0.717) is 11.4 Å². The van der Waals surface area contributed by atoms with E-state index in [4.69, 9.17) is 0 Å². The number of para-hydroxylation sites is 1. The van der Waals surface area contributed by atoms with Gasteiger partial charge in [0.25, 0.3) is 0 Å².